The van der Waals surface area contributed by atoms with Crippen LogP contribution < -0.4 is 9.88 Å². The van der Waals surface area contributed by atoms with Crippen LogP contribution in [0.5, 0.6) is 5.75 Å². The van der Waals surface area contributed by atoms with Gasteiger partial charge in [-0.25, -0.2) is 17.9 Å². The third kappa shape index (κ3) is 3.65. The summed E-state index contributed by atoms with van der Waals surface area (Å²) in [6.07, 6.45) is 0.708. The summed E-state index contributed by atoms with van der Waals surface area (Å²) in [5.74, 6) is -1.74. The van der Waals surface area contributed by atoms with Crippen molar-refractivity contribution in [3.63, 3.8) is 0 Å². The quantitative estimate of drug-likeness (QED) is 0.632. The molecule has 0 aliphatic carbocycles. The van der Waals surface area contributed by atoms with Crippen molar-refractivity contribution >= 4 is 15.7 Å². The number of benzene rings is 1. The van der Waals surface area contributed by atoms with E-state index in [1.165, 1.54) is 0 Å². The van der Waals surface area contributed by atoms with Crippen LogP contribution in [-0.4, -0.2) is 33.2 Å². The van der Waals surface area contributed by atoms with Gasteiger partial charge in [-0.15, -0.1) is 0 Å². The molecule has 21 heavy (non-hydrogen) atoms. The van der Waals surface area contributed by atoms with E-state index in [0.717, 1.165) is 0 Å². The zero-order chi connectivity index (χ0) is 15.6. The number of nitro benzene ring substituents is 1. The lowest BCUT2D eigenvalue weighted by molar-refractivity contribution is -0.385. The van der Waals surface area contributed by atoms with Crippen LogP contribution in [0.3, 0.4) is 0 Å². The van der Waals surface area contributed by atoms with E-state index in [0.29, 0.717) is 31.8 Å². The molecule has 10 heteroatoms. The monoisotopic (exact) mass is 320 g/mol. The summed E-state index contributed by atoms with van der Waals surface area (Å²) in [7, 11) is -4.36. The minimum atomic E-state index is -4.36. The Morgan fingerprint density at radius 1 is 1.52 bits per heavy atom. The number of nitro groups is 1. The van der Waals surface area contributed by atoms with Crippen LogP contribution >= 0.6 is 0 Å². The number of nitrogens with zero attached hydrogens (tertiary/aromatic N) is 1. The van der Waals surface area contributed by atoms with Crippen molar-refractivity contribution in [3.8, 4) is 5.75 Å². The second-order valence-electron chi connectivity index (χ2n) is 4.60. The Labute approximate surface area is 119 Å². The Hall–Kier alpha value is -1.78. The van der Waals surface area contributed by atoms with Gasteiger partial charge in [0.15, 0.2) is 11.6 Å². The molecule has 0 bridgehead atoms. The largest absolute Gasteiger partial charge is 0.489 e. The second-order valence-corrected chi connectivity index (χ2v) is 6.13. The van der Waals surface area contributed by atoms with Gasteiger partial charge in [0.05, 0.1) is 24.2 Å². The molecular weight excluding hydrogens is 307 g/mol. The maximum absolute atomic E-state index is 13.9. The average molecular weight is 320 g/mol. The number of halogens is 1. The number of rotatable bonds is 5. The Balaban J connectivity index is 2.35. The highest BCUT2D eigenvalue weighted by Gasteiger charge is 2.26. The molecule has 1 aliphatic heterocycles. The number of sulfonamides is 1. The molecule has 8 nitrogen and oxygen atoms in total. The molecule has 1 saturated heterocycles. The molecule has 2 rings (SSSR count). The van der Waals surface area contributed by atoms with Crippen molar-refractivity contribution in [2.24, 2.45) is 11.1 Å². The molecule has 1 fully saturated rings. The Morgan fingerprint density at radius 3 is 2.76 bits per heavy atom. The van der Waals surface area contributed by atoms with Gasteiger partial charge in [0, 0.05) is 18.6 Å². The summed E-state index contributed by atoms with van der Waals surface area (Å²) >= 11 is 0. The molecular formula is C11H13FN2O6S. The summed E-state index contributed by atoms with van der Waals surface area (Å²) in [5.41, 5.74) is -0.715. The van der Waals surface area contributed by atoms with Gasteiger partial charge in [-0.2, -0.15) is 0 Å². The zero-order valence-electron chi connectivity index (χ0n) is 10.8. The summed E-state index contributed by atoms with van der Waals surface area (Å²) in [6.45, 7) is 1.02. The second kappa shape index (κ2) is 5.92. The topological polar surface area (TPSA) is 122 Å². The first-order valence-corrected chi connectivity index (χ1v) is 7.55. The van der Waals surface area contributed by atoms with Crippen LogP contribution in [-0.2, 0) is 14.8 Å². The van der Waals surface area contributed by atoms with Crippen LogP contribution in [0, 0.1) is 21.8 Å². The first kappa shape index (κ1) is 15.6. The van der Waals surface area contributed by atoms with Crippen molar-refractivity contribution in [3.05, 3.63) is 28.1 Å². The minimum Gasteiger partial charge on any atom is -0.489 e. The molecule has 1 aromatic rings. The van der Waals surface area contributed by atoms with Gasteiger partial charge in [0.2, 0.25) is 10.0 Å². The first-order chi connectivity index (χ1) is 9.79. The zero-order valence-corrected chi connectivity index (χ0v) is 11.6. The number of nitrogens with two attached hydrogens (primary N) is 1. The average Bonchev–Trinajstić information content (AvgIpc) is 2.88. The van der Waals surface area contributed by atoms with Crippen molar-refractivity contribution < 1.29 is 27.2 Å². The fourth-order valence-corrected chi connectivity index (χ4v) is 2.63. The van der Waals surface area contributed by atoms with E-state index in [1.807, 2.05) is 0 Å². The molecule has 1 aromatic carbocycles. The molecule has 0 saturated carbocycles. The van der Waals surface area contributed by atoms with Gasteiger partial charge < -0.3 is 9.47 Å². The number of ether oxygens (including phenoxy) is 2. The molecule has 1 atom stereocenters. The van der Waals surface area contributed by atoms with Crippen LogP contribution in [0.25, 0.3) is 0 Å². The lowest BCUT2D eigenvalue weighted by Crippen LogP contribution is -2.18. The molecule has 0 amide bonds. The van der Waals surface area contributed by atoms with Crippen molar-refractivity contribution in [1.29, 1.82) is 0 Å². The molecule has 1 aliphatic rings. The number of primary sulfonamides is 1. The summed E-state index contributed by atoms with van der Waals surface area (Å²) < 4.78 is 47.1. The number of non-ortho nitro benzene ring substituents is 1. The standard InChI is InChI=1S/C11H13FN2O6S/c12-9-3-8(14(15)16)4-10(21(13,17)18)11(9)20-6-7-1-2-19-5-7/h3-4,7H,1-2,5-6H2,(H2,13,17,18). The molecule has 116 valence electrons. The van der Waals surface area contributed by atoms with E-state index in [2.05, 4.69) is 0 Å². The molecule has 0 radical (unpaired) electrons. The van der Waals surface area contributed by atoms with Gasteiger partial charge in [-0.3, -0.25) is 10.1 Å². The van der Waals surface area contributed by atoms with Crippen LogP contribution in [0.15, 0.2) is 17.0 Å². The van der Waals surface area contributed by atoms with E-state index >= 15 is 0 Å². The van der Waals surface area contributed by atoms with Gasteiger partial charge in [-0.1, -0.05) is 0 Å². The van der Waals surface area contributed by atoms with Gasteiger partial charge in [0.25, 0.3) is 5.69 Å². The number of hydrogen-bond donors (Lipinski definition) is 1. The van der Waals surface area contributed by atoms with Gasteiger partial charge in [0.1, 0.15) is 4.90 Å². The summed E-state index contributed by atoms with van der Waals surface area (Å²) in [6, 6.07) is 1.27. The third-order valence-electron chi connectivity index (χ3n) is 3.00. The Morgan fingerprint density at radius 2 is 2.24 bits per heavy atom. The van der Waals surface area contributed by atoms with Gasteiger partial charge in [-0.05, 0) is 6.42 Å². The van der Waals surface area contributed by atoms with Crippen molar-refractivity contribution in [2.75, 3.05) is 19.8 Å². The van der Waals surface area contributed by atoms with Gasteiger partial charge >= 0.3 is 0 Å². The highest BCUT2D eigenvalue weighted by molar-refractivity contribution is 7.89. The molecule has 1 heterocycles. The number of hydrogen-bond acceptors (Lipinski definition) is 6. The molecule has 0 aromatic heterocycles. The summed E-state index contributed by atoms with van der Waals surface area (Å²) in [5, 5.41) is 15.6. The first-order valence-electron chi connectivity index (χ1n) is 6.00. The Bertz CT molecular complexity index is 657. The predicted octanol–water partition coefficient (Wildman–Crippen LogP) is 0.797. The van der Waals surface area contributed by atoms with Crippen molar-refractivity contribution in [2.45, 2.75) is 11.3 Å². The fraction of sp³-hybridized carbons (Fsp3) is 0.455. The van der Waals surface area contributed by atoms with E-state index < -0.39 is 37.1 Å². The molecule has 0 spiro atoms. The lowest BCUT2D eigenvalue weighted by atomic mass is 10.1. The Kier molecular flexibility index (Phi) is 4.40. The van der Waals surface area contributed by atoms with E-state index in [-0.39, 0.29) is 12.5 Å². The summed E-state index contributed by atoms with van der Waals surface area (Å²) in [4.78, 5) is 9.00. The fourth-order valence-electron chi connectivity index (χ4n) is 1.93. The van der Waals surface area contributed by atoms with Crippen LogP contribution in [0.2, 0.25) is 0 Å². The minimum absolute atomic E-state index is 0.00733. The maximum atomic E-state index is 13.9. The normalized spacial score (nSPS) is 18.7. The maximum Gasteiger partial charge on any atom is 0.274 e. The SMILES string of the molecule is NS(=O)(=O)c1cc([N+](=O)[O-])cc(F)c1OCC1CCOC1. The van der Waals surface area contributed by atoms with E-state index in [9.17, 15) is 22.9 Å². The molecule has 1 unspecified atom stereocenters. The lowest BCUT2D eigenvalue weighted by Gasteiger charge is -2.13. The predicted molar refractivity (Wildman–Crippen MR) is 68.8 cm³/mol. The molecule has 2 N–H and O–H groups in total. The van der Waals surface area contributed by atoms with Crippen LogP contribution in [0.4, 0.5) is 10.1 Å². The smallest absolute Gasteiger partial charge is 0.274 e. The van der Waals surface area contributed by atoms with E-state index in [1.54, 1.807) is 0 Å². The third-order valence-corrected chi connectivity index (χ3v) is 3.92. The van der Waals surface area contributed by atoms with Crippen LogP contribution in [0.1, 0.15) is 6.42 Å². The highest BCUT2D eigenvalue weighted by Crippen LogP contribution is 2.31. The van der Waals surface area contributed by atoms with Crippen molar-refractivity contribution in [1.82, 2.24) is 0 Å². The highest BCUT2D eigenvalue weighted by atomic mass is 32.2. The van der Waals surface area contributed by atoms with E-state index in [4.69, 9.17) is 14.6 Å².